The molecular weight excluding hydrogens is 236 g/mol. The van der Waals surface area contributed by atoms with Crippen LogP contribution in [0.1, 0.15) is 12.5 Å². The Labute approximate surface area is 105 Å². The average molecular weight is 252 g/mol. The second-order valence-electron chi connectivity index (χ2n) is 3.62. The Morgan fingerprint density at radius 1 is 1.56 bits per heavy atom. The maximum absolute atomic E-state index is 11.6. The van der Waals surface area contributed by atoms with Gasteiger partial charge in [-0.2, -0.15) is 0 Å². The van der Waals surface area contributed by atoms with Crippen LogP contribution in [-0.2, 0) is 11.3 Å². The van der Waals surface area contributed by atoms with Gasteiger partial charge in [0.1, 0.15) is 6.04 Å². The minimum atomic E-state index is -0.739. The van der Waals surface area contributed by atoms with Gasteiger partial charge < -0.3 is 21.1 Å². The number of ether oxygens (including phenoxy) is 1. The molecule has 0 saturated carbocycles. The van der Waals surface area contributed by atoms with Gasteiger partial charge in [0.2, 0.25) is 11.8 Å². The van der Waals surface area contributed by atoms with Gasteiger partial charge in [0.05, 0.1) is 7.11 Å². The van der Waals surface area contributed by atoms with Crippen molar-refractivity contribution in [3.8, 4) is 5.88 Å². The van der Waals surface area contributed by atoms with Crippen molar-refractivity contribution in [1.29, 1.82) is 0 Å². The predicted molar refractivity (Wildman–Crippen MR) is 64.8 cm³/mol. The molecule has 7 nitrogen and oxygen atoms in total. The molecule has 1 heterocycles. The van der Waals surface area contributed by atoms with Crippen LogP contribution in [0.15, 0.2) is 18.3 Å². The summed E-state index contributed by atoms with van der Waals surface area (Å²) in [6.45, 7) is 1.81. The summed E-state index contributed by atoms with van der Waals surface area (Å²) in [5.74, 6) is 0.119. The molecule has 0 unspecified atom stereocenters. The number of pyridine rings is 1. The molecule has 0 radical (unpaired) electrons. The van der Waals surface area contributed by atoms with Crippen LogP contribution < -0.4 is 21.1 Å². The van der Waals surface area contributed by atoms with Crippen molar-refractivity contribution in [2.24, 2.45) is 5.73 Å². The van der Waals surface area contributed by atoms with E-state index in [-0.39, 0.29) is 12.5 Å². The van der Waals surface area contributed by atoms with Crippen LogP contribution in [0.4, 0.5) is 4.79 Å². The van der Waals surface area contributed by atoms with Crippen molar-refractivity contribution < 1.29 is 14.3 Å². The summed E-state index contributed by atoms with van der Waals surface area (Å²) in [5, 5.41) is 4.94. The number of hydrogen-bond donors (Lipinski definition) is 3. The van der Waals surface area contributed by atoms with Gasteiger partial charge in [-0.1, -0.05) is 6.07 Å². The molecule has 98 valence electrons. The lowest BCUT2D eigenvalue weighted by atomic mass is 10.2. The van der Waals surface area contributed by atoms with Gasteiger partial charge in [-0.3, -0.25) is 4.79 Å². The van der Waals surface area contributed by atoms with Crippen LogP contribution >= 0.6 is 0 Å². The molecule has 0 saturated heterocycles. The largest absolute Gasteiger partial charge is 0.481 e. The van der Waals surface area contributed by atoms with E-state index in [2.05, 4.69) is 15.6 Å². The normalized spacial score (nSPS) is 11.4. The number of rotatable bonds is 5. The molecule has 7 heteroatoms. The second kappa shape index (κ2) is 6.43. The summed E-state index contributed by atoms with van der Waals surface area (Å²) in [5.41, 5.74) is 5.67. The number of methoxy groups -OCH3 is 1. The Bertz CT molecular complexity index is 436. The van der Waals surface area contributed by atoms with E-state index in [0.29, 0.717) is 5.88 Å². The van der Waals surface area contributed by atoms with Gasteiger partial charge in [0, 0.05) is 18.3 Å². The Morgan fingerprint density at radius 3 is 2.89 bits per heavy atom. The summed E-state index contributed by atoms with van der Waals surface area (Å²) >= 11 is 0. The number of urea groups is 1. The van der Waals surface area contributed by atoms with E-state index in [0.717, 1.165) is 5.56 Å². The topological polar surface area (TPSA) is 106 Å². The standard InChI is InChI=1S/C11H16N4O3/c1-7(15-11(12)17)9(16)14-6-8-4-3-5-13-10(8)18-2/h3-5,7H,6H2,1-2H3,(H,14,16)(H3,12,15,17)/t7-/m0/s1. The quantitative estimate of drug-likeness (QED) is 0.672. The highest BCUT2D eigenvalue weighted by atomic mass is 16.5. The van der Waals surface area contributed by atoms with Crippen molar-refractivity contribution in [2.45, 2.75) is 19.5 Å². The van der Waals surface area contributed by atoms with Crippen molar-refractivity contribution in [3.63, 3.8) is 0 Å². The maximum Gasteiger partial charge on any atom is 0.312 e. The fourth-order valence-electron chi connectivity index (χ4n) is 1.36. The summed E-state index contributed by atoms with van der Waals surface area (Å²) in [6.07, 6.45) is 1.60. The highest BCUT2D eigenvalue weighted by molar-refractivity contribution is 5.86. The van der Waals surface area contributed by atoms with Gasteiger partial charge in [0.25, 0.3) is 0 Å². The molecule has 3 amide bonds. The summed E-state index contributed by atoms with van der Waals surface area (Å²) in [4.78, 5) is 26.2. The lowest BCUT2D eigenvalue weighted by Crippen LogP contribution is -2.46. The Morgan fingerprint density at radius 2 is 2.28 bits per heavy atom. The zero-order valence-electron chi connectivity index (χ0n) is 10.3. The molecule has 1 atom stereocenters. The van der Waals surface area contributed by atoms with Crippen LogP contribution in [0.3, 0.4) is 0 Å². The number of primary amides is 1. The van der Waals surface area contributed by atoms with Crippen molar-refractivity contribution in [3.05, 3.63) is 23.9 Å². The lowest BCUT2D eigenvalue weighted by molar-refractivity contribution is -0.122. The van der Waals surface area contributed by atoms with Crippen LogP contribution in [0.25, 0.3) is 0 Å². The van der Waals surface area contributed by atoms with Gasteiger partial charge in [-0.05, 0) is 13.0 Å². The summed E-state index contributed by atoms with van der Waals surface area (Å²) < 4.78 is 5.05. The third-order valence-corrected chi connectivity index (χ3v) is 2.25. The number of nitrogens with two attached hydrogens (primary N) is 1. The second-order valence-corrected chi connectivity index (χ2v) is 3.62. The molecule has 18 heavy (non-hydrogen) atoms. The summed E-state index contributed by atoms with van der Waals surface area (Å²) in [7, 11) is 1.50. The zero-order chi connectivity index (χ0) is 13.5. The molecule has 0 aliphatic carbocycles. The zero-order valence-corrected chi connectivity index (χ0v) is 10.3. The van der Waals surface area contributed by atoms with Gasteiger partial charge in [-0.25, -0.2) is 9.78 Å². The molecule has 0 spiro atoms. The van der Waals surface area contributed by atoms with E-state index < -0.39 is 12.1 Å². The predicted octanol–water partition coefficient (Wildman–Crippen LogP) is -0.237. The molecule has 0 aromatic carbocycles. The first-order valence-electron chi connectivity index (χ1n) is 5.36. The molecule has 0 aliphatic rings. The Kier molecular flexibility index (Phi) is 4.91. The van der Waals surface area contributed by atoms with E-state index in [1.54, 1.807) is 25.3 Å². The number of hydrogen-bond acceptors (Lipinski definition) is 4. The van der Waals surface area contributed by atoms with E-state index in [9.17, 15) is 9.59 Å². The number of nitrogens with one attached hydrogen (secondary N) is 2. The first kappa shape index (κ1) is 13.8. The maximum atomic E-state index is 11.6. The molecule has 0 fully saturated rings. The molecular formula is C11H16N4O3. The lowest BCUT2D eigenvalue weighted by Gasteiger charge is -2.13. The van der Waals surface area contributed by atoms with E-state index >= 15 is 0 Å². The first-order chi connectivity index (χ1) is 8.54. The number of nitrogens with zero attached hydrogens (tertiary/aromatic N) is 1. The Balaban J connectivity index is 2.54. The molecule has 1 aromatic rings. The van der Waals surface area contributed by atoms with Gasteiger partial charge in [0.15, 0.2) is 0 Å². The van der Waals surface area contributed by atoms with E-state index in [1.165, 1.54) is 7.11 Å². The Hall–Kier alpha value is -2.31. The molecule has 1 aromatic heterocycles. The summed E-state index contributed by atoms with van der Waals surface area (Å²) in [6, 6.07) is 2.11. The van der Waals surface area contributed by atoms with Crippen LogP contribution in [0.2, 0.25) is 0 Å². The van der Waals surface area contributed by atoms with E-state index in [4.69, 9.17) is 10.5 Å². The van der Waals surface area contributed by atoms with Crippen molar-refractivity contribution in [1.82, 2.24) is 15.6 Å². The monoisotopic (exact) mass is 252 g/mol. The SMILES string of the molecule is COc1ncccc1CNC(=O)[C@H](C)NC(N)=O. The molecule has 0 aliphatic heterocycles. The van der Waals surface area contributed by atoms with Crippen LogP contribution in [0, 0.1) is 0 Å². The van der Waals surface area contributed by atoms with Gasteiger partial charge >= 0.3 is 6.03 Å². The van der Waals surface area contributed by atoms with Gasteiger partial charge in [-0.15, -0.1) is 0 Å². The van der Waals surface area contributed by atoms with Crippen molar-refractivity contribution >= 4 is 11.9 Å². The fraction of sp³-hybridized carbons (Fsp3) is 0.364. The molecule has 0 bridgehead atoms. The van der Waals surface area contributed by atoms with Crippen LogP contribution in [-0.4, -0.2) is 30.1 Å². The minimum absolute atomic E-state index is 0.265. The first-order valence-corrected chi connectivity index (χ1v) is 5.36. The highest BCUT2D eigenvalue weighted by Crippen LogP contribution is 2.12. The van der Waals surface area contributed by atoms with Crippen LogP contribution in [0.5, 0.6) is 5.88 Å². The molecule has 4 N–H and O–H groups in total. The minimum Gasteiger partial charge on any atom is -0.481 e. The number of carbonyl (C=O) groups is 2. The van der Waals surface area contributed by atoms with Crippen molar-refractivity contribution in [2.75, 3.05) is 7.11 Å². The fourth-order valence-corrected chi connectivity index (χ4v) is 1.36. The third-order valence-electron chi connectivity index (χ3n) is 2.25. The van der Waals surface area contributed by atoms with E-state index in [1.807, 2.05) is 0 Å². The smallest absolute Gasteiger partial charge is 0.312 e. The molecule has 1 rings (SSSR count). The number of amides is 3. The number of aromatic nitrogens is 1. The highest BCUT2D eigenvalue weighted by Gasteiger charge is 2.14. The third kappa shape index (κ3) is 3.93. The average Bonchev–Trinajstić information content (AvgIpc) is 2.35. The number of carbonyl (C=O) groups excluding carboxylic acids is 2.